The first-order chi connectivity index (χ1) is 16.3. The maximum absolute atomic E-state index is 13.2. The summed E-state index contributed by atoms with van der Waals surface area (Å²) in [4.78, 5) is 39.1. The molecule has 1 fully saturated rings. The number of carbonyl (C=O) groups excluding carboxylic acids is 3. The van der Waals surface area contributed by atoms with Crippen LogP contribution in [0.3, 0.4) is 0 Å². The summed E-state index contributed by atoms with van der Waals surface area (Å²) in [6.45, 7) is 1.26. The van der Waals surface area contributed by atoms with E-state index in [9.17, 15) is 19.5 Å². The van der Waals surface area contributed by atoms with Crippen molar-refractivity contribution in [2.75, 3.05) is 4.90 Å². The molecule has 1 saturated heterocycles. The number of ether oxygens (including phenoxy) is 1. The Kier molecular flexibility index (Phi) is 6.17. The number of aliphatic hydroxyl groups is 1. The van der Waals surface area contributed by atoms with E-state index in [2.05, 4.69) is 0 Å². The molecule has 1 N–H and O–H groups in total. The predicted molar refractivity (Wildman–Crippen MR) is 125 cm³/mol. The molecule has 0 radical (unpaired) electrons. The minimum Gasteiger partial charge on any atom is -0.507 e. The summed E-state index contributed by atoms with van der Waals surface area (Å²) < 4.78 is 5.18. The number of ketones is 1. The Morgan fingerprint density at radius 3 is 2.41 bits per heavy atom. The summed E-state index contributed by atoms with van der Waals surface area (Å²) in [5.74, 6) is -2.43. The SMILES string of the molecule is CC(=O)Oc1cccc(C2/C(=C(/O)c3cccc(Cl)c3)C(=O)C(=O)N2c2ccc(C#N)cc2)c1. The van der Waals surface area contributed by atoms with Gasteiger partial charge in [-0.1, -0.05) is 35.9 Å². The van der Waals surface area contributed by atoms with E-state index in [4.69, 9.17) is 21.6 Å². The van der Waals surface area contributed by atoms with Crippen LogP contribution in [0.4, 0.5) is 5.69 Å². The first-order valence-corrected chi connectivity index (χ1v) is 10.5. The van der Waals surface area contributed by atoms with Crippen LogP contribution in [0.1, 0.15) is 29.7 Å². The van der Waals surface area contributed by atoms with Crippen molar-refractivity contribution < 1.29 is 24.2 Å². The van der Waals surface area contributed by atoms with Gasteiger partial charge in [-0.3, -0.25) is 19.3 Å². The van der Waals surface area contributed by atoms with Crippen LogP contribution in [0.15, 0.2) is 78.4 Å². The molecule has 0 aliphatic carbocycles. The molecule has 7 nitrogen and oxygen atoms in total. The highest BCUT2D eigenvalue weighted by atomic mass is 35.5. The maximum atomic E-state index is 13.2. The second-order valence-electron chi connectivity index (χ2n) is 7.50. The van der Waals surface area contributed by atoms with Gasteiger partial charge in [-0.05, 0) is 54.1 Å². The van der Waals surface area contributed by atoms with E-state index in [-0.39, 0.29) is 22.6 Å². The van der Waals surface area contributed by atoms with E-state index in [1.165, 1.54) is 36.1 Å². The second kappa shape index (κ2) is 9.22. The van der Waals surface area contributed by atoms with Crippen LogP contribution in [-0.2, 0) is 14.4 Å². The average Bonchev–Trinajstić information content (AvgIpc) is 3.09. The number of Topliss-reactive ketones (excluding diaryl/α,β-unsaturated/α-hetero) is 1. The number of hydrogen-bond donors (Lipinski definition) is 1. The number of hydrogen-bond acceptors (Lipinski definition) is 6. The lowest BCUT2D eigenvalue weighted by atomic mass is 9.95. The quantitative estimate of drug-likeness (QED) is 0.193. The third-order valence-corrected chi connectivity index (χ3v) is 5.49. The highest BCUT2D eigenvalue weighted by Crippen LogP contribution is 2.43. The number of esters is 1. The van der Waals surface area contributed by atoms with Crippen LogP contribution in [-0.4, -0.2) is 22.8 Å². The molecule has 34 heavy (non-hydrogen) atoms. The van der Waals surface area contributed by atoms with Gasteiger partial charge in [0.25, 0.3) is 11.7 Å². The molecular formula is C26H17ClN2O5. The summed E-state index contributed by atoms with van der Waals surface area (Å²) in [7, 11) is 0. The van der Waals surface area contributed by atoms with Crippen molar-refractivity contribution in [3.63, 3.8) is 0 Å². The Morgan fingerprint density at radius 2 is 1.76 bits per heavy atom. The molecule has 8 heteroatoms. The van der Waals surface area contributed by atoms with Crippen molar-refractivity contribution in [2.24, 2.45) is 0 Å². The van der Waals surface area contributed by atoms with Crippen LogP contribution in [0.2, 0.25) is 5.02 Å². The minimum atomic E-state index is -1.03. The summed E-state index contributed by atoms with van der Waals surface area (Å²) in [5.41, 5.74) is 1.30. The molecular weight excluding hydrogens is 456 g/mol. The number of benzene rings is 3. The molecule has 3 aromatic rings. The van der Waals surface area contributed by atoms with E-state index in [0.717, 1.165) is 0 Å². The lowest BCUT2D eigenvalue weighted by Gasteiger charge is -2.25. The smallest absolute Gasteiger partial charge is 0.308 e. The molecule has 4 rings (SSSR count). The Hall–Kier alpha value is -4.41. The highest BCUT2D eigenvalue weighted by Gasteiger charge is 2.47. The monoisotopic (exact) mass is 472 g/mol. The Balaban J connectivity index is 1.94. The maximum Gasteiger partial charge on any atom is 0.308 e. The normalized spacial score (nSPS) is 16.9. The Bertz CT molecular complexity index is 1390. The van der Waals surface area contributed by atoms with E-state index >= 15 is 0 Å². The molecule has 0 saturated carbocycles. The largest absolute Gasteiger partial charge is 0.507 e. The summed E-state index contributed by atoms with van der Waals surface area (Å²) >= 11 is 6.07. The molecule has 168 valence electrons. The van der Waals surface area contributed by atoms with Crippen LogP contribution in [0.25, 0.3) is 5.76 Å². The standard InChI is InChI=1S/C26H17ClN2O5/c1-15(30)34-21-7-3-4-17(13-21)23-22(24(31)18-5-2-6-19(27)12-18)25(32)26(33)29(23)20-10-8-16(14-28)9-11-20/h2-13,23,31H,1H3/b24-22-. The molecule has 1 aliphatic rings. The van der Waals surface area contributed by atoms with E-state index in [0.29, 0.717) is 21.8 Å². The van der Waals surface area contributed by atoms with Gasteiger partial charge < -0.3 is 9.84 Å². The summed E-state index contributed by atoms with van der Waals surface area (Å²) in [5, 5.41) is 20.6. The molecule has 0 bridgehead atoms. The first kappa shape index (κ1) is 22.8. The van der Waals surface area contributed by atoms with Gasteiger partial charge in [0.1, 0.15) is 11.5 Å². The van der Waals surface area contributed by atoms with Gasteiger partial charge >= 0.3 is 5.97 Å². The fourth-order valence-corrected chi connectivity index (χ4v) is 4.01. The third-order valence-electron chi connectivity index (χ3n) is 5.25. The Labute approximate surface area is 200 Å². The lowest BCUT2D eigenvalue weighted by molar-refractivity contribution is -0.132. The van der Waals surface area contributed by atoms with Crippen LogP contribution >= 0.6 is 11.6 Å². The van der Waals surface area contributed by atoms with Crippen molar-refractivity contribution in [2.45, 2.75) is 13.0 Å². The fourth-order valence-electron chi connectivity index (χ4n) is 3.82. The minimum absolute atomic E-state index is 0.142. The van der Waals surface area contributed by atoms with Gasteiger partial charge in [0, 0.05) is 23.2 Å². The van der Waals surface area contributed by atoms with Gasteiger partial charge in [-0.2, -0.15) is 5.26 Å². The highest BCUT2D eigenvalue weighted by molar-refractivity contribution is 6.51. The van der Waals surface area contributed by atoms with Crippen molar-refractivity contribution in [1.82, 2.24) is 0 Å². The molecule has 1 atom stereocenters. The van der Waals surface area contributed by atoms with Gasteiger partial charge in [0.2, 0.25) is 0 Å². The van der Waals surface area contributed by atoms with Crippen LogP contribution in [0, 0.1) is 11.3 Å². The van der Waals surface area contributed by atoms with Gasteiger partial charge in [0.05, 0.1) is 23.2 Å². The van der Waals surface area contributed by atoms with E-state index in [1.54, 1.807) is 48.5 Å². The van der Waals surface area contributed by atoms with Gasteiger partial charge in [0.15, 0.2) is 0 Å². The van der Waals surface area contributed by atoms with Crippen molar-refractivity contribution in [3.8, 4) is 11.8 Å². The number of carbonyl (C=O) groups is 3. The third kappa shape index (κ3) is 4.27. The molecule has 1 unspecified atom stereocenters. The zero-order valence-electron chi connectivity index (χ0n) is 17.9. The summed E-state index contributed by atoms with van der Waals surface area (Å²) in [6.07, 6.45) is 0. The Morgan fingerprint density at radius 1 is 1.06 bits per heavy atom. The number of anilines is 1. The fraction of sp³-hybridized carbons (Fsp3) is 0.0769. The molecule has 0 aromatic heterocycles. The molecule has 1 aliphatic heterocycles. The first-order valence-electron chi connectivity index (χ1n) is 10.2. The number of rotatable bonds is 4. The molecule has 3 aromatic carbocycles. The predicted octanol–water partition coefficient (Wildman–Crippen LogP) is 4.76. The van der Waals surface area contributed by atoms with Crippen molar-refractivity contribution in [1.29, 1.82) is 5.26 Å². The summed E-state index contributed by atoms with van der Waals surface area (Å²) in [6, 6.07) is 19.8. The number of nitrogens with zero attached hydrogens (tertiary/aromatic N) is 2. The van der Waals surface area contributed by atoms with Gasteiger partial charge in [-0.25, -0.2) is 0 Å². The molecule has 0 spiro atoms. The second-order valence-corrected chi connectivity index (χ2v) is 7.94. The number of halogens is 1. The van der Waals surface area contributed by atoms with Crippen LogP contribution < -0.4 is 9.64 Å². The number of amides is 1. The zero-order valence-corrected chi connectivity index (χ0v) is 18.6. The van der Waals surface area contributed by atoms with Crippen molar-refractivity contribution >= 4 is 40.7 Å². The molecule has 1 amide bonds. The number of nitriles is 1. The number of aliphatic hydroxyl groups excluding tert-OH is 1. The molecule has 1 heterocycles. The van der Waals surface area contributed by atoms with Crippen molar-refractivity contribution in [3.05, 3.63) is 100 Å². The van der Waals surface area contributed by atoms with Gasteiger partial charge in [-0.15, -0.1) is 0 Å². The topological polar surface area (TPSA) is 108 Å². The van der Waals surface area contributed by atoms with Crippen LogP contribution in [0.5, 0.6) is 5.75 Å². The van der Waals surface area contributed by atoms with E-state index in [1.807, 2.05) is 6.07 Å². The zero-order chi connectivity index (χ0) is 24.4. The van der Waals surface area contributed by atoms with E-state index < -0.39 is 23.7 Å². The average molecular weight is 473 g/mol. The lowest BCUT2D eigenvalue weighted by Crippen LogP contribution is -2.29.